The van der Waals surface area contributed by atoms with Crippen LogP contribution in [0.5, 0.6) is 0 Å². The molecule has 0 bridgehead atoms. The van der Waals surface area contributed by atoms with E-state index in [1.165, 1.54) is 0 Å². The third kappa shape index (κ3) is 4.49. The van der Waals surface area contributed by atoms with Crippen LogP contribution in [-0.2, 0) is 4.79 Å². The van der Waals surface area contributed by atoms with E-state index in [0.29, 0.717) is 22.7 Å². The van der Waals surface area contributed by atoms with E-state index in [4.69, 9.17) is 11.6 Å². The molecule has 0 radical (unpaired) electrons. The van der Waals surface area contributed by atoms with Crippen molar-refractivity contribution in [2.24, 2.45) is 0 Å². The van der Waals surface area contributed by atoms with Crippen molar-refractivity contribution in [1.29, 1.82) is 0 Å². The van der Waals surface area contributed by atoms with Crippen LogP contribution in [0, 0.1) is 6.92 Å². The second-order valence-electron chi connectivity index (χ2n) is 6.68. The Morgan fingerprint density at radius 2 is 1.82 bits per heavy atom. The van der Waals surface area contributed by atoms with Crippen LogP contribution < -0.4 is 10.6 Å². The smallest absolute Gasteiger partial charge is 0.253 e. The normalized spacial score (nSPS) is 11.9. The average Bonchev–Trinajstić information content (AvgIpc) is 2.68. The number of carbonyl (C=O) groups excluding carboxylic acids is 2. The Bertz CT molecular complexity index is 1030. The van der Waals surface area contributed by atoms with Crippen molar-refractivity contribution < 1.29 is 9.59 Å². The summed E-state index contributed by atoms with van der Waals surface area (Å²) >= 11 is 6.05. The van der Waals surface area contributed by atoms with Gasteiger partial charge in [0.1, 0.15) is 0 Å². The van der Waals surface area contributed by atoms with Gasteiger partial charge in [0, 0.05) is 22.5 Å². The van der Waals surface area contributed by atoms with E-state index >= 15 is 0 Å². The van der Waals surface area contributed by atoms with Gasteiger partial charge in [-0.1, -0.05) is 30.7 Å². The number of nitrogens with zero attached hydrogens (tertiary/aromatic N) is 1. The van der Waals surface area contributed by atoms with Gasteiger partial charge in [0.05, 0.1) is 22.8 Å². The maximum absolute atomic E-state index is 12.8. The van der Waals surface area contributed by atoms with Gasteiger partial charge in [-0.25, -0.2) is 0 Å². The van der Waals surface area contributed by atoms with Crippen LogP contribution in [0.25, 0.3) is 10.9 Å². The highest BCUT2D eigenvalue weighted by Crippen LogP contribution is 2.22. The molecule has 0 saturated carbocycles. The molecule has 2 N–H and O–H groups in total. The van der Waals surface area contributed by atoms with E-state index in [2.05, 4.69) is 15.6 Å². The summed E-state index contributed by atoms with van der Waals surface area (Å²) < 4.78 is 0. The summed E-state index contributed by atoms with van der Waals surface area (Å²) in [5.74, 6) is -0.226. The molecule has 0 saturated heterocycles. The molecule has 1 atom stereocenters. The van der Waals surface area contributed by atoms with Crippen LogP contribution in [0.4, 0.5) is 5.69 Å². The molecule has 144 valence electrons. The predicted molar refractivity (Wildman–Crippen MR) is 113 cm³/mol. The Kier molecular flexibility index (Phi) is 5.95. The van der Waals surface area contributed by atoms with E-state index in [9.17, 15) is 9.59 Å². The number of aromatic nitrogens is 1. The summed E-state index contributed by atoms with van der Waals surface area (Å²) in [5.41, 5.74) is 3.67. The molecule has 5 nitrogen and oxygen atoms in total. The molecule has 0 aliphatic heterocycles. The summed E-state index contributed by atoms with van der Waals surface area (Å²) in [6, 6.07) is 14.5. The van der Waals surface area contributed by atoms with Gasteiger partial charge in [-0.2, -0.15) is 0 Å². The molecular formula is C22H22ClN3O2. The van der Waals surface area contributed by atoms with Crippen molar-refractivity contribution in [3.8, 4) is 0 Å². The fraction of sp³-hybridized carbons (Fsp3) is 0.227. The zero-order valence-corrected chi connectivity index (χ0v) is 16.8. The number of nitrogens with one attached hydrogen (secondary N) is 2. The van der Waals surface area contributed by atoms with Crippen molar-refractivity contribution in [2.45, 2.75) is 33.2 Å². The summed E-state index contributed by atoms with van der Waals surface area (Å²) in [5, 5.41) is 7.24. The second-order valence-corrected chi connectivity index (χ2v) is 7.11. The highest BCUT2D eigenvalue weighted by molar-refractivity contribution is 6.31. The summed E-state index contributed by atoms with van der Waals surface area (Å²) in [6.45, 7) is 5.54. The van der Waals surface area contributed by atoms with E-state index in [-0.39, 0.29) is 17.9 Å². The molecule has 0 aliphatic rings. The van der Waals surface area contributed by atoms with Gasteiger partial charge < -0.3 is 10.6 Å². The third-order valence-corrected chi connectivity index (χ3v) is 4.81. The van der Waals surface area contributed by atoms with Crippen molar-refractivity contribution in [3.63, 3.8) is 0 Å². The molecule has 6 heteroatoms. The molecule has 28 heavy (non-hydrogen) atoms. The lowest BCUT2D eigenvalue weighted by molar-refractivity contribution is -0.115. The third-order valence-electron chi connectivity index (χ3n) is 4.58. The highest BCUT2D eigenvalue weighted by Gasteiger charge is 2.15. The maximum atomic E-state index is 12.8. The standard InChI is InChI=1S/C22H22ClN3O2/c1-4-21(27)26-18-8-5-15(6-9-18)13(2)25-22(28)19-12-16-11-17(23)7-10-20(16)24-14(19)3/h5-13H,4H2,1-3H3,(H,25,28)(H,26,27). The zero-order valence-electron chi connectivity index (χ0n) is 16.0. The summed E-state index contributed by atoms with van der Waals surface area (Å²) in [7, 11) is 0. The van der Waals surface area contributed by atoms with Crippen LogP contribution in [-0.4, -0.2) is 16.8 Å². The van der Waals surface area contributed by atoms with Gasteiger partial charge in [0.15, 0.2) is 0 Å². The minimum atomic E-state index is -0.196. The number of benzene rings is 2. The lowest BCUT2D eigenvalue weighted by atomic mass is 10.1. The zero-order chi connectivity index (χ0) is 20.3. The van der Waals surface area contributed by atoms with Crippen molar-refractivity contribution >= 4 is 40.0 Å². The fourth-order valence-electron chi connectivity index (χ4n) is 2.94. The number of fused-ring (bicyclic) bond motifs is 1. The second kappa shape index (κ2) is 8.40. The lowest BCUT2D eigenvalue weighted by Crippen LogP contribution is -2.27. The number of aryl methyl sites for hydroxylation is 1. The minimum Gasteiger partial charge on any atom is -0.345 e. The number of anilines is 1. The van der Waals surface area contributed by atoms with Crippen LogP contribution in [0.1, 0.15) is 47.9 Å². The number of halogens is 1. The SMILES string of the molecule is CCC(=O)Nc1ccc(C(C)NC(=O)c2cc3cc(Cl)ccc3nc2C)cc1. The lowest BCUT2D eigenvalue weighted by Gasteiger charge is -2.16. The number of rotatable bonds is 5. The first-order chi connectivity index (χ1) is 13.4. The number of hydrogen-bond donors (Lipinski definition) is 2. The van der Waals surface area contributed by atoms with Crippen molar-refractivity contribution in [2.75, 3.05) is 5.32 Å². The number of hydrogen-bond acceptors (Lipinski definition) is 3. The van der Waals surface area contributed by atoms with E-state index in [1.54, 1.807) is 19.1 Å². The van der Waals surface area contributed by atoms with Crippen LogP contribution in [0.2, 0.25) is 5.02 Å². The highest BCUT2D eigenvalue weighted by atomic mass is 35.5. The molecule has 3 aromatic rings. The number of pyridine rings is 1. The van der Waals surface area contributed by atoms with Crippen molar-refractivity contribution in [3.05, 3.63) is 70.4 Å². The molecule has 2 amide bonds. The first-order valence-electron chi connectivity index (χ1n) is 9.15. The van der Waals surface area contributed by atoms with E-state index in [0.717, 1.165) is 22.2 Å². The molecular weight excluding hydrogens is 374 g/mol. The molecule has 1 heterocycles. The number of carbonyl (C=O) groups is 2. The van der Waals surface area contributed by atoms with Gasteiger partial charge in [-0.3, -0.25) is 14.6 Å². The Labute approximate surface area is 169 Å². The molecule has 0 spiro atoms. The van der Waals surface area contributed by atoms with Gasteiger partial charge in [0.25, 0.3) is 5.91 Å². The largest absolute Gasteiger partial charge is 0.345 e. The Balaban J connectivity index is 1.76. The minimum absolute atomic E-state index is 0.0338. The Hall–Kier alpha value is -2.92. The monoisotopic (exact) mass is 395 g/mol. The Morgan fingerprint density at radius 1 is 1.11 bits per heavy atom. The first kappa shape index (κ1) is 19.8. The van der Waals surface area contributed by atoms with Crippen molar-refractivity contribution in [1.82, 2.24) is 10.3 Å². The van der Waals surface area contributed by atoms with E-state index in [1.807, 2.05) is 50.2 Å². The average molecular weight is 396 g/mol. The molecule has 0 aliphatic carbocycles. The van der Waals surface area contributed by atoms with Gasteiger partial charge in [-0.15, -0.1) is 0 Å². The maximum Gasteiger partial charge on any atom is 0.253 e. The fourth-order valence-corrected chi connectivity index (χ4v) is 3.12. The quantitative estimate of drug-likeness (QED) is 0.636. The van der Waals surface area contributed by atoms with Gasteiger partial charge >= 0.3 is 0 Å². The van der Waals surface area contributed by atoms with Crippen LogP contribution in [0.15, 0.2) is 48.5 Å². The molecule has 1 unspecified atom stereocenters. The molecule has 3 rings (SSSR count). The molecule has 2 aromatic carbocycles. The number of amides is 2. The Morgan fingerprint density at radius 3 is 2.50 bits per heavy atom. The first-order valence-corrected chi connectivity index (χ1v) is 9.52. The summed E-state index contributed by atoms with van der Waals surface area (Å²) in [6.07, 6.45) is 0.429. The summed E-state index contributed by atoms with van der Waals surface area (Å²) in [4.78, 5) is 28.8. The molecule has 1 aromatic heterocycles. The van der Waals surface area contributed by atoms with Gasteiger partial charge in [-0.05, 0) is 55.8 Å². The van der Waals surface area contributed by atoms with Crippen LogP contribution in [0.3, 0.4) is 0 Å². The van der Waals surface area contributed by atoms with Gasteiger partial charge in [0.2, 0.25) is 5.91 Å². The topological polar surface area (TPSA) is 71.1 Å². The predicted octanol–water partition coefficient (Wildman–Crippen LogP) is 5.04. The molecule has 0 fully saturated rings. The van der Waals surface area contributed by atoms with E-state index < -0.39 is 0 Å². The van der Waals surface area contributed by atoms with Crippen LogP contribution >= 0.6 is 11.6 Å².